The number of anilines is 1. The fourth-order valence-electron chi connectivity index (χ4n) is 3.56. The van der Waals surface area contributed by atoms with Crippen molar-refractivity contribution in [1.82, 2.24) is 9.97 Å². The maximum Gasteiger partial charge on any atom is 0.269 e. The summed E-state index contributed by atoms with van der Waals surface area (Å²) in [5, 5.41) is 10.8. The van der Waals surface area contributed by atoms with Crippen LogP contribution in [0.5, 0.6) is 0 Å². The van der Waals surface area contributed by atoms with Gasteiger partial charge in [0.05, 0.1) is 4.92 Å². The molecule has 1 aliphatic carbocycles. The van der Waals surface area contributed by atoms with Crippen molar-refractivity contribution in [2.45, 2.75) is 32.6 Å². The minimum absolute atomic E-state index is 0.0818. The molecule has 1 saturated heterocycles. The normalized spacial score (nSPS) is 18.6. The van der Waals surface area contributed by atoms with Gasteiger partial charge in [-0.3, -0.25) is 10.1 Å². The van der Waals surface area contributed by atoms with Crippen molar-refractivity contribution in [1.29, 1.82) is 0 Å². The fraction of sp³-hybridized carbons (Fsp3) is 0.444. The van der Waals surface area contributed by atoms with E-state index in [1.165, 1.54) is 37.8 Å². The first kappa shape index (κ1) is 15.1. The van der Waals surface area contributed by atoms with Gasteiger partial charge >= 0.3 is 0 Å². The molecule has 1 aliphatic heterocycles. The lowest BCUT2D eigenvalue weighted by atomic mass is 9.95. The minimum atomic E-state index is -0.394. The number of hydrogen-bond donors (Lipinski definition) is 0. The van der Waals surface area contributed by atoms with Gasteiger partial charge in [0.2, 0.25) is 0 Å². The number of aromatic nitrogens is 2. The Balaban J connectivity index is 1.64. The van der Waals surface area contributed by atoms with Gasteiger partial charge in [-0.25, -0.2) is 9.97 Å². The molecule has 6 heteroatoms. The van der Waals surface area contributed by atoms with E-state index in [0.29, 0.717) is 11.2 Å². The molecule has 2 heterocycles. The van der Waals surface area contributed by atoms with Gasteiger partial charge in [-0.05, 0) is 50.2 Å². The Morgan fingerprint density at radius 3 is 2.58 bits per heavy atom. The lowest BCUT2D eigenvalue weighted by Crippen LogP contribution is -2.37. The second kappa shape index (κ2) is 5.54. The van der Waals surface area contributed by atoms with Crippen LogP contribution in [0.15, 0.2) is 30.3 Å². The highest BCUT2D eigenvalue weighted by Crippen LogP contribution is 2.52. The zero-order valence-electron chi connectivity index (χ0n) is 13.7. The van der Waals surface area contributed by atoms with Gasteiger partial charge in [0.25, 0.3) is 5.69 Å². The molecule has 6 nitrogen and oxygen atoms in total. The highest BCUT2D eigenvalue weighted by atomic mass is 16.6. The quantitative estimate of drug-likeness (QED) is 0.635. The highest BCUT2D eigenvalue weighted by Gasteiger charge is 2.45. The zero-order chi connectivity index (χ0) is 16.7. The Hall–Kier alpha value is -2.50. The lowest BCUT2D eigenvalue weighted by molar-refractivity contribution is -0.384. The van der Waals surface area contributed by atoms with Crippen LogP contribution in [0, 0.1) is 22.5 Å². The van der Waals surface area contributed by atoms with Crippen molar-refractivity contribution in [3.05, 3.63) is 46.1 Å². The number of piperidine rings is 1. The molecule has 1 saturated carbocycles. The fourth-order valence-corrected chi connectivity index (χ4v) is 3.56. The number of benzene rings is 1. The summed E-state index contributed by atoms with van der Waals surface area (Å²) in [6, 6.07) is 8.47. The maximum atomic E-state index is 10.8. The van der Waals surface area contributed by atoms with Crippen molar-refractivity contribution in [3.63, 3.8) is 0 Å². The second-order valence-electron chi connectivity index (χ2n) is 7.02. The van der Waals surface area contributed by atoms with E-state index in [-0.39, 0.29) is 5.69 Å². The van der Waals surface area contributed by atoms with Crippen LogP contribution in [0.25, 0.3) is 11.4 Å². The number of hydrogen-bond acceptors (Lipinski definition) is 5. The van der Waals surface area contributed by atoms with Gasteiger partial charge in [-0.1, -0.05) is 0 Å². The van der Waals surface area contributed by atoms with Gasteiger partial charge in [-0.2, -0.15) is 0 Å². The third-order valence-corrected chi connectivity index (χ3v) is 5.12. The molecule has 0 amide bonds. The van der Waals surface area contributed by atoms with E-state index < -0.39 is 4.92 Å². The van der Waals surface area contributed by atoms with Crippen molar-refractivity contribution < 1.29 is 4.92 Å². The predicted octanol–water partition coefficient (Wildman–Crippen LogP) is 3.74. The molecule has 0 N–H and O–H groups in total. The van der Waals surface area contributed by atoms with Crippen LogP contribution in [0.1, 0.15) is 31.4 Å². The molecule has 0 atom stereocenters. The summed E-state index contributed by atoms with van der Waals surface area (Å²) in [5.41, 5.74) is 2.34. The van der Waals surface area contributed by atoms with Crippen LogP contribution in [-0.2, 0) is 0 Å². The summed E-state index contributed by atoms with van der Waals surface area (Å²) in [6.45, 7) is 4.10. The van der Waals surface area contributed by atoms with Crippen molar-refractivity contribution >= 4 is 11.5 Å². The number of non-ortho nitro benzene ring substituents is 1. The average molecular weight is 324 g/mol. The zero-order valence-corrected chi connectivity index (χ0v) is 13.7. The van der Waals surface area contributed by atoms with Gasteiger partial charge in [0, 0.05) is 42.5 Å². The van der Waals surface area contributed by atoms with Gasteiger partial charge < -0.3 is 4.90 Å². The number of nitrogens with zero attached hydrogens (tertiary/aromatic N) is 4. The topological polar surface area (TPSA) is 72.2 Å². The van der Waals surface area contributed by atoms with Gasteiger partial charge in [0.1, 0.15) is 5.82 Å². The lowest BCUT2D eigenvalue weighted by Gasteiger charge is -2.34. The van der Waals surface area contributed by atoms with Crippen molar-refractivity contribution in [3.8, 4) is 11.4 Å². The monoisotopic (exact) mass is 324 g/mol. The molecule has 124 valence electrons. The number of aryl methyl sites for hydroxylation is 1. The van der Waals surface area contributed by atoms with Gasteiger partial charge in [0.15, 0.2) is 5.82 Å². The van der Waals surface area contributed by atoms with E-state index >= 15 is 0 Å². The third-order valence-electron chi connectivity index (χ3n) is 5.12. The molecule has 0 unspecified atom stereocenters. The predicted molar refractivity (Wildman–Crippen MR) is 92.0 cm³/mol. The molecule has 0 bridgehead atoms. The van der Waals surface area contributed by atoms with E-state index in [0.717, 1.165) is 30.2 Å². The molecule has 1 aromatic heterocycles. The van der Waals surface area contributed by atoms with Crippen molar-refractivity contribution in [2.24, 2.45) is 5.41 Å². The Morgan fingerprint density at radius 2 is 1.92 bits per heavy atom. The number of rotatable bonds is 3. The molecular weight excluding hydrogens is 304 g/mol. The molecule has 24 heavy (non-hydrogen) atoms. The summed E-state index contributed by atoms with van der Waals surface area (Å²) >= 11 is 0. The van der Waals surface area contributed by atoms with Crippen LogP contribution in [0.4, 0.5) is 11.5 Å². The smallest absolute Gasteiger partial charge is 0.269 e. The van der Waals surface area contributed by atoms with Crippen LogP contribution < -0.4 is 4.90 Å². The molecule has 2 aromatic rings. The van der Waals surface area contributed by atoms with Crippen LogP contribution in [0.3, 0.4) is 0 Å². The van der Waals surface area contributed by atoms with E-state index in [1.807, 2.05) is 13.0 Å². The number of nitro benzene ring substituents is 1. The molecule has 1 aromatic carbocycles. The van der Waals surface area contributed by atoms with Crippen LogP contribution >= 0.6 is 0 Å². The molecule has 2 aliphatic rings. The van der Waals surface area contributed by atoms with Crippen LogP contribution in [-0.4, -0.2) is 28.0 Å². The first-order chi connectivity index (χ1) is 11.5. The third kappa shape index (κ3) is 2.84. The van der Waals surface area contributed by atoms with E-state index in [1.54, 1.807) is 12.1 Å². The summed E-state index contributed by atoms with van der Waals surface area (Å²) in [5.74, 6) is 1.61. The minimum Gasteiger partial charge on any atom is -0.356 e. The van der Waals surface area contributed by atoms with Crippen molar-refractivity contribution in [2.75, 3.05) is 18.0 Å². The second-order valence-corrected chi connectivity index (χ2v) is 7.02. The molecular formula is C18H20N4O2. The van der Waals surface area contributed by atoms with E-state index in [9.17, 15) is 10.1 Å². The highest BCUT2D eigenvalue weighted by molar-refractivity contribution is 5.60. The van der Waals surface area contributed by atoms with E-state index in [2.05, 4.69) is 9.88 Å². The average Bonchev–Trinajstić information content (AvgIpc) is 3.33. The summed E-state index contributed by atoms with van der Waals surface area (Å²) in [7, 11) is 0. The summed E-state index contributed by atoms with van der Waals surface area (Å²) in [6.07, 6.45) is 5.23. The first-order valence-corrected chi connectivity index (χ1v) is 8.40. The Labute approximate surface area is 140 Å². The standard InChI is InChI=1S/C18H20N4O2/c1-13-11-16(21-10-2-7-18(12-21)8-9-18)20-17(19-13)14-3-5-15(6-4-14)22(23)24/h3-6,11H,2,7-10,12H2,1H3. The molecule has 1 spiro atoms. The largest absolute Gasteiger partial charge is 0.356 e. The SMILES string of the molecule is Cc1cc(N2CCCC3(CC3)C2)nc(-c2ccc([N+](=O)[O-])cc2)n1. The van der Waals surface area contributed by atoms with Gasteiger partial charge in [-0.15, -0.1) is 0 Å². The Morgan fingerprint density at radius 1 is 1.17 bits per heavy atom. The van der Waals surface area contributed by atoms with E-state index in [4.69, 9.17) is 4.98 Å². The Kier molecular flexibility index (Phi) is 3.48. The maximum absolute atomic E-state index is 10.8. The summed E-state index contributed by atoms with van der Waals surface area (Å²) < 4.78 is 0. The summed E-state index contributed by atoms with van der Waals surface area (Å²) in [4.78, 5) is 22.0. The van der Waals surface area contributed by atoms with Crippen LogP contribution in [0.2, 0.25) is 0 Å². The first-order valence-electron chi connectivity index (χ1n) is 8.40. The Bertz CT molecular complexity index is 784. The molecule has 0 radical (unpaired) electrons. The molecule has 4 rings (SSSR count). The number of nitro groups is 1. The molecule has 2 fully saturated rings.